The van der Waals surface area contributed by atoms with E-state index >= 15 is 0 Å². The number of nitrogens with zero attached hydrogens (tertiary/aromatic N) is 4. The summed E-state index contributed by atoms with van der Waals surface area (Å²) in [4.78, 5) is 8.63. The van der Waals surface area contributed by atoms with Crippen LogP contribution in [0.3, 0.4) is 0 Å². The normalized spacial score (nSPS) is 19.1. The summed E-state index contributed by atoms with van der Waals surface area (Å²) in [7, 11) is -3.46. The quantitative estimate of drug-likeness (QED) is 0.463. The predicted molar refractivity (Wildman–Crippen MR) is 144 cm³/mol. The van der Waals surface area contributed by atoms with Crippen molar-refractivity contribution >= 4 is 27.0 Å². The average Bonchev–Trinajstić information content (AvgIpc) is 3.31. The van der Waals surface area contributed by atoms with E-state index in [1.165, 1.54) is 0 Å². The highest BCUT2D eigenvalue weighted by molar-refractivity contribution is 7.89. The molecule has 0 spiro atoms. The lowest BCUT2D eigenvalue weighted by molar-refractivity contribution is 0.0363. The first kappa shape index (κ1) is 25.4. The third kappa shape index (κ3) is 5.81. The molecule has 9 heteroatoms. The molecule has 2 aliphatic rings. The summed E-state index contributed by atoms with van der Waals surface area (Å²) in [5, 5.41) is 2.12. The number of hydrogen-bond acceptors (Lipinski definition) is 6. The molecular formula is C27H34N4O3S2. The van der Waals surface area contributed by atoms with Gasteiger partial charge in [-0.15, -0.1) is 11.3 Å². The van der Waals surface area contributed by atoms with E-state index in [0.717, 1.165) is 74.0 Å². The van der Waals surface area contributed by atoms with Crippen molar-refractivity contribution in [2.45, 2.75) is 31.2 Å². The van der Waals surface area contributed by atoms with Crippen molar-refractivity contribution < 1.29 is 13.2 Å². The molecule has 0 radical (unpaired) electrons. The lowest BCUT2D eigenvalue weighted by atomic mass is 10.0. The van der Waals surface area contributed by atoms with Gasteiger partial charge in [0.1, 0.15) is 0 Å². The molecular weight excluding hydrogens is 492 g/mol. The zero-order valence-electron chi connectivity index (χ0n) is 20.8. The van der Waals surface area contributed by atoms with Crippen LogP contribution in [0.2, 0.25) is 0 Å². The number of benzene rings is 2. The van der Waals surface area contributed by atoms with Gasteiger partial charge in [-0.05, 0) is 48.6 Å². The Kier molecular flexibility index (Phi) is 8.03. The van der Waals surface area contributed by atoms with Crippen LogP contribution in [-0.4, -0.2) is 68.1 Å². The number of ether oxygens (including phenoxy) is 1. The van der Waals surface area contributed by atoms with Crippen LogP contribution in [0.25, 0.3) is 11.3 Å². The van der Waals surface area contributed by atoms with Crippen molar-refractivity contribution in [1.82, 2.24) is 13.8 Å². The van der Waals surface area contributed by atoms with Crippen molar-refractivity contribution in [2.75, 3.05) is 45.9 Å². The minimum atomic E-state index is -3.46. The van der Waals surface area contributed by atoms with E-state index in [1.807, 2.05) is 42.5 Å². The molecule has 5 rings (SSSR count). The van der Waals surface area contributed by atoms with Gasteiger partial charge < -0.3 is 9.30 Å². The van der Waals surface area contributed by atoms with E-state index < -0.39 is 10.0 Å². The monoisotopic (exact) mass is 526 g/mol. The Hall–Kier alpha value is -2.30. The van der Waals surface area contributed by atoms with E-state index in [-0.39, 0.29) is 0 Å². The summed E-state index contributed by atoms with van der Waals surface area (Å²) in [6.45, 7) is 8.52. The van der Waals surface area contributed by atoms with E-state index in [9.17, 15) is 8.42 Å². The van der Waals surface area contributed by atoms with Crippen LogP contribution in [-0.2, 0) is 21.3 Å². The predicted octanol–water partition coefficient (Wildman–Crippen LogP) is 4.20. The van der Waals surface area contributed by atoms with E-state index in [2.05, 4.69) is 21.8 Å². The first-order valence-corrected chi connectivity index (χ1v) is 15.0. The molecule has 2 aromatic carbocycles. The van der Waals surface area contributed by atoms with Crippen molar-refractivity contribution in [1.29, 1.82) is 0 Å². The van der Waals surface area contributed by atoms with Gasteiger partial charge in [0.25, 0.3) is 0 Å². The molecule has 0 amide bonds. The van der Waals surface area contributed by atoms with Crippen LogP contribution in [0.15, 0.2) is 69.9 Å². The standard InChI is InChI=1S/C27H34N4O3S2/c1-22-11-13-30(14-12-22)36(32,33)25-9-7-23(8-10-25)26-21-35-27(28-24-5-3-2-4-6-24)31(26)16-15-29-17-19-34-20-18-29/h2-10,21-22H,11-20H2,1H3. The van der Waals surface area contributed by atoms with Gasteiger partial charge in [-0.2, -0.15) is 4.31 Å². The summed E-state index contributed by atoms with van der Waals surface area (Å²) in [5.74, 6) is 0.584. The number of hydrogen-bond donors (Lipinski definition) is 0. The van der Waals surface area contributed by atoms with Crippen molar-refractivity contribution in [2.24, 2.45) is 10.9 Å². The fourth-order valence-electron chi connectivity index (χ4n) is 4.72. The van der Waals surface area contributed by atoms with Gasteiger partial charge in [-0.3, -0.25) is 4.90 Å². The maximum Gasteiger partial charge on any atom is 0.243 e. The second kappa shape index (κ2) is 11.4. The highest BCUT2D eigenvalue weighted by Gasteiger charge is 2.28. The molecule has 1 aromatic heterocycles. The van der Waals surface area contributed by atoms with Gasteiger partial charge in [0, 0.05) is 44.6 Å². The molecule has 0 aliphatic carbocycles. The number of para-hydroxylation sites is 1. The molecule has 0 unspecified atom stereocenters. The van der Waals surface area contributed by atoms with E-state index in [1.54, 1.807) is 27.8 Å². The van der Waals surface area contributed by atoms with Gasteiger partial charge in [0.2, 0.25) is 10.0 Å². The second-order valence-electron chi connectivity index (χ2n) is 9.57. The Labute approximate surface area is 217 Å². The summed E-state index contributed by atoms with van der Waals surface area (Å²) in [5.41, 5.74) is 2.97. The Balaban J connectivity index is 1.43. The zero-order chi connectivity index (χ0) is 25.0. The molecule has 36 heavy (non-hydrogen) atoms. The average molecular weight is 527 g/mol. The SMILES string of the molecule is CC1CCN(S(=O)(=O)c2ccc(-c3csc(=Nc4ccccc4)n3CCN3CCOCC3)cc2)CC1. The molecule has 0 bridgehead atoms. The number of piperidine rings is 1. The zero-order valence-corrected chi connectivity index (χ0v) is 22.4. The minimum Gasteiger partial charge on any atom is -0.379 e. The van der Waals surface area contributed by atoms with Gasteiger partial charge >= 0.3 is 0 Å². The lowest BCUT2D eigenvalue weighted by Crippen LogP contribution is -2.39. The Morgan fingerprint density at radius 2 is 1.64 bits per heavy atom. The Bertz CT molecular complexity index is 1300. The molecule has 3 heterocycles. The largest absolute Gasteiger partial charge is 0.379 e. The number of thiazole rings is 1. The van der Waals surface area contributed by atoms with Crippen LogP contribution in [0, 0.1) is 5.92 Å². The summed E-state index contributed by atoms with van der Waals surface area (Å²) >= 11 is 1.61. The van der Waals surface area contributed by atoms with Crippen LogP contribution < -0.4 is 4.80 Å². The van der Waals surface area contributed by atoms with Crippen LogP contribution in [0.5, 0.6) is 0 Å². The third-order valence-corrected chi connectivity index (χ3v) is 9.83. The first-order valence-electron chi connectivity index (χ1n) is 12.7. The smallest absolute Gasteiger partial charge is 0.243 e. The van der Waals surface area contributed by atoms with Gasteiger partial charge in [-0.1, -0.05) is 37.3 Å². The van der Waals surface area contributed by atoms with Gasteiger partial charge in [-0.25, -0.2) is 13.4 Å². The topological polar surface area (TPSA) is 67.1 Å². The molecule has 2 fully saturated rings. The number of sulfonamides is 1. The summed E-state index contributed by atoms with van der Waals surface area (Å²) < 4.78 is 35.8. The molecule has 2 saturated heterocycles. The van der Waals surface area contributed by atoms with Crippen LogP contribution >= 0.6 is 11.3 Å². The molecule has 2 aliphatic heterocycles. The highest BCUT2D eigenvalue weighted by Crippen LogP contribution is 2.27. The minimum absolute atomic E-state index is 0.366. The summed E-state index contributed by atoms with van der Waals surface area (Å²) in [6, 6.07) is 17.4. The van der Waals surface area contributed by atoms with Crippen LogP contribution in [0.4, 0.5) is 5.69 Å². The van der Waals surface area contributed by atoms with E-state index in [0.29, 0.717) is 23.9 Å². The molecule has 0 saturated carbocycles. The fourth-order valence-corrected chi connectivity index (χ4v) is 7.14. The van der Waals surface area contributed by atoms with Gasteiger partial charge in [0.05, 0.1) is 29.5 Å². The van der Waals surface area contributed by atoms with Crippen LogP contribution in [0.1, 0.15) is 19.8 Å². The second-order valence-corrected chi connectivity index (χ2v) is 12.3. The highest BCUT2D eigenvalue weighted by atomic mass is 32.2. The molecule has 3 aromatic rings. The maximum atomic E-state index is 13.2. The number of morpholine rings is 1. The molecule has 7 nitrogen and oxygen atoms in total. The Morgan fingerprint density at radius 3 is 2.33 bits per heavy atom. The van der Waals surface area contributed by atoms with Crippen molar-refractivity contribution in [3.05, 3.63) is 64.8 Å². The third-order valence-electron chi connectivity index (χ3n) is 7.05. The molecule has 0 atom stereocenters. The fraction of sp³-hybridized carbons (Fsp3) is 0.444. The molecule has 0 N–H and O–H groups in total. The first-order chi connectivity index (χ1) is 17.5. The lowest BCUT2D eigenvalue weighted by Gasteiger charge is -2.29. The summed E-state index contributed by atoms with van der Waals surface area (Å²) in [6.07, 6.45) is 1.84. The van der Waals surface area contributed by atoms with Crippen molar-refractivity contribution in [3.63, 3.8) is 0 Å². The number of rotatable bonds is 7. The Morgan fingerprint density at radius 1 is 0.944 bits per heavy atom. The van der Waals surface area contributed by atoms with E-state index in [4.69, 9.17) is 9.73 Å². The maximum absolute atomic E-state index is 13.2. The van der Waals surface area contributed by atoms with Gasteiger partial charge in [0.15, 0.2) is 4.80 Å². The molecule has 192 valence electrons. The van der Waals surface area contributed by atoms with Crippen molar-refractivity contribution in [3.8, 4) is 11.3 Å². The number of aromatic nitrogens is 1.